The molecule has 0 spiro atoms. The van der Waals surface area contributed by atoms with Gasteiger partial charge in [0, 0.05) is 0 Å². The highest BCUT2D eigenvalue weighted by Crippen LogP contribution is 2.52. The van der Waals surface area contributed by atoms with Gasteiger partial charge in [-0.2, -0.15) is 0 Å². The molecule has 0 saturated carbocycles. The van der Waals surface area contributed by atoms with Crippen molar-refractivity contribution in [2.45, 2.75) is 0 Å². The lowest BCUT2D eigenvalue weighted by Crippen LogP contribution is -1.92. The second-order valence-electron chi connectivity index (χ2n) is 33.0. The van der Waals surface area contributed by atoms with Crippen LogP contribution in [0.15, 0.2) is 425 Å². The molecule has 26 rings (SSSR count). The quantitative estimate of drug-likeness (QED) is 0.110. The van der Waals surface area contributed by atoms with Gasteiger partial charge in [-0.25, -0.2) is 0 Å². The molecule has 0 radical (unpaired) electrons. The lowest BCUT2D eigenvalue weighted by atomic mass is 9.83. The van der Waals surface area contributed by atoms with Crippen LogP contribution in [0.3, 0.4) is 0 Å². The zero-order valence-corrected chi connectivity index (χ0v) is 65.4. The Labute approximate surface area is 691 Å². The van der Waals surface area contributed by atoms with Gasteiger partial charge >= 0.3 is 0 Å². The molecule has 120 heavy (non-hydrogen) atoms. The predicted octanol–water partition coefficient (Wildman–Crippen LogP) is 34.1. The molecule has 0 bridgehead atoms. The van der Waals surface area contributed by atoms with Crippen LogP contribution in [0, 0.1) is 0 Å². The van der Waals surface area contributed by atoms with Crippen LogP contribution >= 0.6 is 0 Å². The standard InChI is InChI=1S/C120H70/c1-3-31-81-71(23-1)25-13-51-97(81)117-99-33-5-9-37-103(99)119(104-38-10-6-34-100(104)117)107-53-17-29-75-65-113-79(69-115(75)107)57-61-95-85(45-21-49-91(95)113)87-41-15-27-73-63-111-77(67-109(73)87)55-59-93-83(43-19-47-89(93)111)84-44-20-48-90-94(84)60-56-78-68-110-74(64-112(78)90)28-16-42-88(110)86-46-22-50-92-96(86)62-58-80-70-116-76(66-114(80)92)30-18-54-108(116)120-105-39-11-7-35-101(105)118(102-36-8-12-40-106(102)120)98-52-14-26-72-24-2-4-32-82(72)98/h1-70H. The van der Waals surface area contributed by atoms with Gasteiger partial charge in [-0.3, -0.25) is 0 Å². The van der Waals surface area contributed by atoms with Gasteiger partial charge in [0.05, 0.1) is 0 Å². The fraction of sp³-hybridized carbons (Fsp3) is 0. The first-order valence-corrected chi connectivity index (χ1v) is 41.9. The normalized spacial score (nSPS) is 12.2. The molecule has 0 fully saturated rings. The Bertz CT molecular complexity index is 8400. The Morgan fingerprint density at radius 3 is 0.492 bits per heavy atom. The highest BCUT2D eigenvalue weighted by Gasteiger charge is 2.25. The molecule has 26 aromatic carbocycles. The van der Waals surface area contributed by atoms with E-state index in [1.165, 1.54) is 272 Å². The molecule has 0 aromatic heterocycles. The van der Waals surface area contributed by atoms with Crippen molar-refractivity contribution in [2.24, 2.45) is 0 Å². The van der Waals surface area contributed by atoms with E-state index in [1.54, 1.807) is 0 Å². The molecule has 0 atom stereocenters. The van der Waals surface area contributed by atoms with Gasteiger partial charge in [-0.1, -0.05) is 376 Å². The minimum absolute atomic E-state index is 1.22. The summed E-state index contributed by atoms with van der Waals surface area (Å²) in [6.45, 7) is 0. The second kappa shape index (κ2) is 26.0. The highest BCUT2D eigenvalue weighted by atomic mass is 14.3. The maximum absolute atomic E-state index is 2.45. The minimum Gasteiger partial charge on any atom is -0.0616 e. The molecule has 0 aliphatic heterocycles. The Morgan fingerprint density at radius 1 is 0.0750 bits per heavy atom. The van der Waals surface area contributed by atoms with Gasteiger partial charge in [0.15, 0.2) is 0 Å². The Hall–Kier alpha value is -15.6. The van der Waals surface area contributed by atoms with E-state index in [1.807, 2.05) is 0 Å². The van der Waals surface area contributed by atoms with Crippen molar-refractivity contribution in [1.29, 1.82) is 0 Å². The zero-order chi connectivity index (χ0) is 78.4. The molecule has 0 unspecified atom stereocenters. The van der Waals surface area contributed by atoms with Crippen molar-refractivity contribution in [1.82, 2.24) is 0 Å². The number of hydrogen-bond acceptors (Lipinski definition) is 0. The molecule has 550 valence electrons. The molecule has 0 saturated heterocycles. The zero-order valence-electron chi connectivity index (χ0n) is 65.4. The van der Waals surface area contributed by atoms with E-state index in [0.717, 1.165) is 0 Å². The number of fused-ring (bicyclic) bond motifs is 22. The topological polar surface area (TPSA) is 0 Å². The van der Waals surface area contributed by atoms with E-state index in [9.17, 15) is 0 Å². The maximum Gasteiger partial charge on any atom is -0.00201 e. The molecule has 0 aliphatic rings. The third-order valence-electron chi connectivity index (χ3n) is 26.9. The van der Waals surface area contributed by atoms with Crippen molar-refractivity contribution in [2.75, 3.05) is 0 Å². The van der Waals surface area contributed by atoms with Crippen LogP contribution in [-0.4, -0.2) is 0 Å². The van der Waals surface area contributed by atoms with E-state index in [-0.39, 0.29) is 0 Å². The molecular formula is C120H70. The van der Waals surface area contributed by atoms with E-state index < -0.39 is 0 Å². The fourth-order valence-electron chi connectivity index (χ4n) is 21.6. The van der Waals surface area contributed by atoms with E-state index in [4.69, 9.17) is 0 Å². The Balaban J connectivity index is 0.542. The first-order chi connectivity index (χ1) is 59.5. The minimum atomic E-state index is 1.22. The summed E-state index contributed by atoms with van der Waals surface area (Å²) in [6, 6.07) is 161. The average Bonchev–Trinajstić information content (AvgIpc) is 0.749. The van der Waals surface area contributed by atoms with E-state index >= 15 is 0 Å². The van der Waals surface area contributed by atoms with Crippen molar-refractivity contribution < 1.29 is 0 Å². The fourth-order valence-corrected chi connectivity index (χ4v) is 21.6. The predicted molar refractivity (Wildman–Crippen MR) is 520 cm³/mol. The first-order valence-electron chi connectivity index (χ1n) is 41.9. The van der Waals surface area contributed by atoms with E-state index in [2.05, 4.69) is 425 Å². The van der Waals surface area contributed by atoms with Crippen molar-refractivity contribution >= 4 is 194 Å². The summed E-state index contributed by atoms with van der Waals surface area (Å²) in [7, 11) is 0. The van der Waals surface area contributed by atoms with Gasteiger partial charge in [0.1, 0.15) is 0 Å². The summed E-state index contributed by atoms with van der Waals surface area (Å²) in [4.78, 5) is 0. The lowest BCUT2D eigenvalue weighted by molar-refractivity contribution is 1.69. The van der Waals surface area contributed by atoms with Gasteiger partial charge < -0.3 is 0 Å². The SMILES string of the molecule is c1ccc2c(-c3c4ccccc4c(-c4cccc5cc6c(ccc7c(-c8cccc9cc%10c(ccc%11c(-c%12cccc%13c%12ccc%12cc%14c(-c%15cccc%16c%15ccc%15cc%17c(-c%18c%19ccccc%19c(-c%19cccc%20ccccc%19%20)c%19ccccc%18%19)cccc%17cc%15%16)cccc%14cc%12%13)cccc%11%10)cc89)cccc76)cc45)c4ccccc34)cccc2c1. The van der Waals surface area contributed by atoms with Crippen LogP contribution < -0.4 is 0 Å². The molecule has 26 aromatic rings. The lowest BCUT2D eigenvalue weighted by Gasteiger charge is -2.20. The second-order valence-corrected chi connectivity index (χ2v) is 33.0. The van der Waals surface area contributed by atoms with Crippen LogP contribution in [-0.2, 0) is 0 Å². The Kier molecular flexibility index (Phi) is 14.4. The van der Waals surface area contributed by atoms with Gasteiger partial charge in [0.2, 0.25) is 0 Å². The summed E-state index contributed by atoms with van der Waals surface area (Å²) < 4.78 is 0. The van der Waals surface area contributed by atoms with Crippen LogP contribution in [0.2, 0.25) is 0 Å². The molecule has 0 heterocycles. The number of benzene rings is 26. The summed E-state index contributed by atoms with van der Waals surface area (Å²) in [5.41, 5.74) is 17.5. The third kappa shape index (κ3) is 9.88. The molecule has 0 heteroatoms. The molecule has 0 aliphatic carbocycles. The average molecular weight is 1510 g/mol. The summed E-state index contributed by atoms with van der Waals surface area (Å²) in [5, 5.41) is 44.9. The molecule has 0 nitrogen and oxygen atoms in total. The highest BCUT2D eigenvalue weighted by molar-refractivity contribution is 6.31. The number of hydrogen-bond donors (Lipinski definition) is 0. The molecular weight excluding hydrogens is 1440 g/mol. The third-order valence-corrected chi connectivity index (χ3v) is 26.9. The van der Waals surface area contributed by atoms with Crippen LogP contribution in [0.1, 0.15) is 0 Å². The maximum atomic E-state index is 2.45. The van der Waals surface area contributed by atoms with Crippen LogP contribution in [0.5, 0.6) is 0 Å². The van der Waals surface area contributed by atoms with Crippen molar-refractivity contribution in [3.63, 3.8) is 0 Å². The smallest absolute Gasteiger partial charge is 0.00201 e. The largest absolute Gasteiger partial charge is 0.0616 e. The van der Waals surface area contributed by atoms with Crippen molar-refractivity contribution in [3.05, 3.63) is 425 Å². The number of rotatable bonds is 7. The van der Waals surface area contributed by atoms with Gasteiger partial charge in [-0.15, -0.1) is 0 Å². The summed E-state index contributed by atoms with van der Waals surface area (Å²) in [5.74, 6) is 0. The van der Waals surface area contributed by atoms with Gasteiger partial charge in [0.25, 0.3) is 0 Å². The van der Waals surface area contributed by atoms with E-state index in [0.29, 0.717) is 0 Å². The Morgan fingerprint density at radius 2 is 0.233 bits per heavy atom. The summed E-state index contributed by atoms with van der Waals surface area (Å²) >= 11 is 0. The molecule has 0 amide bonds. The van der Waals surface area contributed by atoms with Crippen molar-refractivity contribution in [3.8, 4) is 77.9 Å². The molecule has 0 N–H and O–H groups in total. The van der Waals surface area contributed by atoms with Crippen LogP contribution in [0.4, 0.5) is 0 Å². The summed E-state index contributed by atoms with van der Waals surface area (Å²) in [6.07, 6.45) is 0. The van der Waals surface area contributed by atoms with Crippen LogP contribution in [0.25, 0.3) is 272 Å². The van der Waals surface area contributed by atoms with Gasteiger partial charge in [-0.05, 0) is 320 Å². The monoisotopic (exact) mass is 1510 g/mol. The first kappa shape index (κ1) is 66.7.